The van der Waals surface area contributed by atoms with Crippen LogP contribution in [0.5, 0.6) is 5.75 Å². The van der Waals surface area contributed by atoms with E-state index in [1.54, 1.807) is 19.4 Å². The van der Waals surface area contributed by atoms with E-state index in [0.29, 0.717) is 12.2 Å². The van der Waals surface area contributed by atoms with E-state index in [4.69, 9.17) is 4.74 Å². The maximum Gasteiger partial charge on any atom is 0.269 e. The van der Waals surface area contributed by atoms with Crippen LogP contribution < -0.4 is 15.0 Å². The van der Waals surface area contributed by atoms with E-state index in [1.165, 1.54) is 11.3 Å². The molecule has 1 aromatic heterocycles. The van der Waals surface area contributed by atoms with Crippen molar-refractivity contribution in [2.75, 3.05) is 25.1 Å². The Labute approximate surface area is 165 Å². The van der Waals surface area contributed by atoms with Gasteiger partial charge in [-0.15, -0.1) is 0 Å². The number of rotatable bonds is 6. The van der Waals surface area contributed by atoms with Crippen molar-refractivity contribution < 1.29 is 9.53 Å². The van der Waals surface area contributed by atoms with Gasteiger partial charge in [0.1, 0.15) is 11.4 Å². The van der Waals surface area contributed by atoms with Gasteiger partial charge in [-0.2, -0.15) is 0 Å². The number of hydrogen-bond donors (Lipinski definition) is 1. The second-order valence-corrected chi connectivity index (χ2v) is 6.79. The number of amides is 1. The maximum atomic E-state index is 12.4. The number of methoxy groups -OCH3 is 1. The quantitative estimate of drug-likeness (QED) is 0.715. The molecule has 0 radical (unpaired) electrons. The molecule has 0 bridgehead atoms. The highest BCUT2D eigenvalue weighted by molar-refractivity contribution is 5.92. The SMILES string of the molecule is COc1ccc(CCNC(=O)c2ccc(N3CCc4ccccc43)cn2)cc1. The Bertz CT molecular complexity index is 952. The number of hydrogen-bond acceptors (Lipinski definition) is 4. The third-order valence-corrected chi connectivity index (χ3v) is 5.04. The second-order valence-electron chi connectivity index (χ2n) is 6.79. The summed E-state index contributed by atoms with van der Waals surface area (Å²) in [5, 5.41) is 2.93. The first-order chi connectivity index (χ1) is 13.7. The minimum Gasteiger partial charge on any atom is -0.497 e. The van der Waals surface area contributed by atoms with Crippen molar-refractivity contribution in [3.63, 3.8) is 0 Å². The van der Waals surface area contributed by atoms with Gasteiger partial charge in [-0.05, 0) is 54.3 Å². The predicted molar refractivity (Wildman–Crippen MR) is 110 cm³/mol. The number of anilines is 2. The Hall–Kier alpha value is -3.34. The van der Waals surface area contributed by atoms with Gasteiger partial charge in [0.2, 0.25) is 0 Å². The molecular formula is C23H23N3O2. The van der Waals surface area contributed by atoms with E-state index in [9.17, 15) is 4.79 Å². The van der Waals surface area contributed by atoms with Crippen LogP contribution in [0.15, 0.2) is 66.9 Å². The summed E-state index contributed by atoms with van der Waals surface area (Å²) in [6.45, 7) is 1.50. The summed E-state index contributed by atoms with van der Waals surface area (Å²) in [4.78, 5) is 19.0. The standard InChI is InChI=1S/C23H23N3O2/c1-28-20-9-6-17(7-10-20)12-14-24-23(27)21-11-8-19(16-25-21)26-15-13-18-4-2-3-5-22(18)26/h2-11,16H,12-15H2,1H3,(H,24,27). The van der Waals surface area contributed by atoms with Gasteiger partial charge in [-0.1, -0.05) is 30.3 Å². The summed E-state index contributed by atoms with van der Waals surface area (Å²) in [5.74, 6) is 0.680. The van der Waals surface area contributed by atoms with Crippen LogP contribution in [0, 0.1) is 0 Å². The summed E-state index contributed by atoms with van der Waals surface area (Å²) in [7, 11) is 1.65. The van der Waals surface area contributed by atoms with Crippen molar-refractivity contribution in [1.82, 2.24) is 10.3 Å². The van der Waals surface area contributed by atoms with Crippen LogP contribution in [0.4, 0.5) is 11.4 Å². The number of carbonyl (C=O) groups excluding carboxylic acids is 1. The first-order valence-electron chi connectivity index (χ1n) is 9.47. The molecule has 0 spiro atoms. The highest BCUT2D eigenvalue weighted by atomic mass is 16.5. The maximum absolute atomic E-state index is 12.4. The Balaban J connectivity index is 1.34. The number of carbonyl (C=O) groups is 1. The zero-order chi connectivity index (χ0) is 19.3. The molecule has 1 N–H and O–H groups in total. The number of nitrogens with one attached hydrogen (secondary N) is 1. The molecule has 0 unspecified atom stereocenters. The average molecular weight is 373 g/mol. The van der Waals surface area contributed by atoms with Crippen LogP contribution >= 0.6 is 0 Å². The number of nitrogens with zero attached hydrogens (tertiary/aromatic N) is 2. The Morgan fingerprint density at radius 1 is 1.11 bits per heavy atom. The molecule has 142 valence electrons. The molecule has 3 aromatic rings. The molecule has 2 heterocycles. The Morgan fingerprint density at radius 2 is 1.93 bits per heavy atom. The average Bonchev–Trinajstić information content (AvgIpc) is 3.18. The fourth-order valence-corrected chi connectivity index (χ4v) is 3.49. The fraction of sp³-hybridized carbons (Fsp3) is 0.217. The van der Waals surface area contributed by atoms with E-state index >= 15 is 0 Å². The van der Waals surface area contributed by atoms with Crippen LogP contribution in [0.2, 0.25) is 0 Å². The van der Waals surface area contributed by atoms with Gasteiger partial charge < -0.3 is 15.0 Å². The second kappa shape index (κ2) is 8.13. The zero-order valence-electron chi connectivity index (χ0n) is 15.9. The number of para-hydroxylation sites is 1. The molecule has 28 heavy (non-hydrogen) atoms. The van der Waals surface area contributed by atoms with E-state index in [0.717, 1.165) is 36.4 Å². The molecule has 0 saturated carbocycles. The van der Waals surface area contributed by atoms with Crippen LogP contribution in [-0.4, -0.2) is 31.1 Å². The Kier molecular flexibility index (Phi) is 5.24. The van der Waals surface area contributed by atoms with E-state index in [1.807, 2.05) is 30.3 Å². The van der Waals surface area contributed by atoms with E-state index in [-0.39, 0.29) is 5.91 Å². The highest BCUT2D eigenvalue weighted by Crippen LogP contribution is 2.33. The van der Waals surface area contributed by atoms with Crippen LogP contribution in [0.25, 0.3) is 0 Å². The minimum absolute atomic E-state index is 0.151. The lowest BCUT2D eigenvalue weighted by Crippen LogP contribution is -2.26. The molecule has 0 aliphatic carbocycles. The molecule has 0 fully saturated rings. The van der Waals surface area contributed by atoms with Gasteiger partial charge in [0.15, 0.2) is 0 Å². The van der Waals surface area contributed by atoms with Crippen molar-refractivity contribution >= 4 is 17.3 Å². The molecule has 1 aliphatic rings. The number of ether oxygens (including phenoxy) is 1. The molecule has 4 rings (SSSR count). The van der Waals surface area contributed by atoms with Crippen LogP contribution in [0.1, 0.15) is 21.6 Å². The van der Waals surface area contributed by atoms with Crippen molar-refractivity contribution in [3.8, 4) is 5.75 Å². The molecule has 5 heteroatoms. The van der Waals surface area contributed by atoms with Crippen LogP contribution in [0.3, 0.4) is 0 Å². The third kappa shape index (κ3) is 3.83. The molecule has 1 aliphatic heterocycles. The topological polar surface area (TPSA) is 54.5 Å². The highest BCUT2D eigenvalue weighted by Gasteiger charge is 2.20. The number of aromatic nitrogens is 1. The minimum atomic E-state index is -0.151. The molecule has 2 aromatic carbocycles. The molecular weight excluding hydrogens is 350 g/mol. The first kappa shape index (κ1) is 18.0. The lowest BCUT2D eigenvalue weighted by atomic mass is 10.1. The summed E-state index contributed by atoms with van der Waals surface area (Å²) in [6.07, 6.45) is 3.57. The lowest BCUT2D eigenvalue weighted by Gasteiger charge is -2.19. The normalized spacial score (nSPS) is 12.5. The monoisotopic (exact) mass is 373 g/mol. The first-order valence-corrected chi connectivity index (χ1v) is 9.47. The Morgan fingerprint density at radius 3 is 2.68 bits per heavy atom. The third-order valence-electron chi connectivity index (χ3n) is 5.04. The predicted octanol–water partition coefficient (Wildman–Crippen LogP) is 3.76. The number of fused-ring (bicyclic) bond motifs is 1. The summed E-state index contributed by atoms with van der Waals surface area (Å²) >= 11 is 0. The van der Waals surface area contributed by atoms with Gasteiger partial charge in [-0.3, -0.25) is 4.79 Å². The summed E-state index contributed by atoms with van der Waals surface area (Å²) < 4.78 is 5.15. The van der Waals surface area contributed by atoms with Crippen molar-refractivity contribution in [2.45, 2.75) is 12.8 Å². The van der Waals surface area contributed by atoms with Crippen molar-refractivity contribution in [1.29, 1.82) is 0 Å². The number of benzene rings is 2. The largest absolute Gasteiger partial charge is 0.497 e. The summed E-state index contributed by atoms with van der Waals surface area (Å²) in [6, 6.07) is 20.0. The van der Waals surface area contributed by atoms with Crippen LogP contribution in [-0.2, 0) is 12.8 Å². The lowest BCUT2D eigenvalue weighted by molar-refractivity contribution is 0.0949. The van der Waals surface area contributed by atoms with E-state index < -0.39 is 0 Å². The molecule has 5 nitrogen and oxygen atoms in total. The zero-order valence-corrected chi connectivity index (χ0v) is 15.9. The van der Waals surface area contributed by atoms with Gasteiger partial charge in [0.05, 0.1) is 19.0 Å². The van der Waals surface area contributed by atoms with E-state index in [2.05, 4.69) is 39.5 Å². The smallest absolute Gasteiger partial charge is 0.269 e. The van der Waals surface area contributed by atoms with Gasteiger partial charge in [-0.25, -0.2) is 4.98 Å². The summed E-state index contributed by atoms with van der Waals surface area (Å²) in [5.41, 5.74) is 5.17. The molecule has 1 amide bonds. The number of pyridine rings is 1. The van der Waals surface area contributed by atoms with Gasteiger partial charge in [0, 0.05) is 18.8 Å². The van der Waals surface area contributed by atoms with Crippen molar-refractivity contribution in [2.24, 2.45) is 0 Å². The molecule has 0 atom stereocenters. The van der Waals surface area contributed by atoms with Crippen molar-refractivity contribution in [3.05, 3.63) is 83.7 Å². The fourth-order valence-electron chi connectivity index (χ4n) is 3.49. The molecule has 0 saturated heterocycles. The van der Waals surface area contributed by atoms with Gasteiger partial charge >= 0.3 is 0 Å². The van der Waals surface area contributed by atoms with Gasteiger partial charge in [0.25, 0.3) is 5.91 Å².